The molecule has 0 spiro atoms. The van der Waals surface area contributed by atoms with Crippen molar-refractivity contribution in [2.24, 2.45) is 0 Å². The van der Waals surface area contributed by atoms with Crippen molar-refractivity contribution < 1.29 is 18.8 Å². The van der Waals surface area contributed by atoms with Crippen LogP contribution in [-0.4, -0.2) is 35.2 Å². The van der Waals surface area contributed by atoms with E-state index in [9.17, 15) is 18.8 Å². The quantitative estimate of drug-likeness (QED) is 0.574. The van der Waals surface area contributed by atoms with E-state index >= 15 is 0 Å². The normalized spacial score (nSPS) is 15.9. The van der Waals surface area contributed by atoms with Gasteiger partial charge in [-0.25, -0.2) is 9.29 Å². The van der Waals surface area contributed by atoms with E-state index in [0.29, 0.717) is 12.1 Å². The fraction of sp³-hybridized carbons (Fsp3) is 0.160. The van der Waals surface area contributed by atoms with Gasteiger partial charge in [0.15, 0.2) is 0 Å². The van der Waals surface area contributed by atoms with Crippen LogP contribution in [0.2, 0.25) is 0 Å². The molecule has 0 N–H and O–H groups in total. The number of imide groups is 1. The highest BCUT2D eigenvalue weighted by Gasteiger charge is 2.44. The number of benzene rings is 3. The zero-order valence-electron chi connectivity index (χ0n) is 16.8. The maximum absolute atomic E-state index is 14.4. The van der Waals surface area contributed by atoms with Crippen LogP contribution in [-0.2, 0) is 16.0 Å². The van der Waals surface area contributed by atoms with Crippen molar-refractivity contribution in [1.29, 1.82) is 0 Å². The zero-order valence-corrected chi connectivity index (χ0v) is 16.8. The third kappa shape index (κ3) is 4.23. The Kier molecular flexibility index (Phi) is 5.89. The number of hydrogen-bond donors (Lipinski definition) is 0. The van der Waals surface area contributed by atoms with Crippen LogP contribution in [0.4, 0.5) is 10.1 Å². The first-order valence-corrected chi connectivity index (χ1v) is 10.1. The molecule has 1 aliphatic heterocycles. The van der Waals surface area contributed by atoms with Crippen molar-refractivity contribution in [3.05, 3.63) is 102 Å². The number of nitrogens with zero attached hydrogens (tertiary/aromatic N) is 2. The Morgan fingerprint density at radius 1 is 0.903 bits per heavy atom. The van der Waals surface area contributed by atoms with Crippen LogP contribution in [0, 0.1) is 5.82 Å². The molecule has 1 atom stereocenters. The Morgan fingerprint density at radius 3 is 2.19 bits per heavy atom. The van der Waals surface area contributed by atoms with Gasteiger partial charge in [0.05, 0.1) is 17.7 Å². The third-order valence-corrected chi connectivity index (χ3v) is 5.36. The molecule has 1 heterocycles. The number of carbonyl (C=O) groups excluding carboxylic acids is 3. The van der Waals surface area contributed by atoms with Crippen molar-refractivity contribution in [3.8, 4) is 0 Å². The molecule has 3 aromatic rings. The highest BCUT2D eigenvalue weighted by Crippen LogP contribution is 2.27. The smallest absolute Gasteiger partial charge is 0.257 e. The van der Waals surface area contributed by atoms with Gasteiger partial charge in [0.25, 0.3) is 11.8 Å². The Balaban J connectivity index is 1.65. The van der Waals surface area contributed by atoms with E-state index in [4.69, 9.17) is 0 Å². The molecule has 1 fully saturated rings. The lowest BCUT2D eigenvalue weighted by molar-refractivity contribution is -0.122. The van der Waals surface area contributed by atoms with Gasteiger partial charge in [-0.3, -0.25) is 14.4 Å². The first kappa shape index (κ1) is 20.5. The molecule has 6 heteroatoms. The Morgan fingerprint density at radius 2 is 1.52 bits per heavy atom. The van der Waals surface area contributed by atoms with Crippen LogP contribution in [0.5, 0.6) is 0 Å². The highest BCUT2D eigenvalue weighted by atomic mass is 19.1. The standard InChI is InChI=1S/C25H21FN2O3/c26-21-14-8-7-13-20(21)24(30)27(16-15-18-9-3-1-4-10-18)22-17-23(29)28(25(22)31)19-11-5-2-6-12-19/h1-14,22H,15-17H2. The number of anilines is 1. The number of amides is 3. The fourth-order valence-electron chi connectivity index (χ4n) is 3.79. The summed E-state index contributed by atoms with van der Waals surface area (Å²) in [7, 11) is 0. The SMILES string of the molecule is O=C1CC(N(CCc2ccccc2)C(=O)c2ccccc2F)C(=O)N1c1ccccc1. The monoisotopic (exact) mass is 416 g/mol. The molecule has 1 aliphatic rings. The lowest BCUT2D eigenvalue weighted by Crippen LogP contribution is -2.46. The van der Waals surface area contributed by atoms with Crippen LogP contribution in [0.1, 0.15) is 22.3 Å². The van der Waals surface area contributed by atoms with Crippen molar-refractivity contribution in [2.45, 2.75) is 18.9 Å². The Bertz CT molecular complexity index is 1100. The summed E-state index contributed by atoms with van der Waals surface area (Å²) in [6.45, 7) is 0.184. The molecule has 3 aromatic carbocycles. The second kappa shape index (κ2) is 8.92. The summed E-state index contributed by atoms with van der Waals surface area (Å²) in [6, 6.07) is 22.8. The van der Waals surface area contributed by atoms with Gasteiger partial charge in [0.1, 0.15) is 11.9 Å². The van der Waals surface area contributed by atoms with Crippen molar-refractivity contribution >= 4 is 23.4 Å². The van der Waals surface area contributed by atoms with Crippen molar-refractivity contribution in [3.63, 3.8) is 0 Å². The summed E-state index contributed by atoms with van der Waals surface area (Å²) in [5, 5.41) is 0. The van der Waals surface area contributed by atoms with Crippen molar-refractivity contribution in [1.82, 2.24) is 4.90 Å². The lowest BCUT2D eigenvalue weighted by Gasteiger charge is -2.28. The minimum atomic E-state index is -0.983. The van der Waals surface area contributed by atoms with E-state index in [2.05, 4.69) is 0 Å². The molecule has 1 unspecified atom stereocenters. The molecule has 0 aromatic heterocycles. The first-order valence-electron chi connectivity index (χ1n) is 10.1. The maximum atomic E-state index is 14.4. The summed E-state index contributed by atoms with van der Waals surface area (Å²) in [6.07, 6.45) is 0.340. The fourth-order valence-corrected chi connectivity index (χ4v) is 3.79. The molecule has 4 rings (SSSR count). The van der Waals surface area contributed by atoms with Crippen molar-refractivity contribution in [2.75, 3.05) is 11.4 Å². The molecule has 0 radical (unpaired) electrons. The van der Waals surface area contributed by atoms with Gasteiger partial charge in [-0.15, -0.1) is 0 Å². The Hall–Kier alpha value is -3.80. The second-order valence-electron chi connectivity index (χ2n) is 7.34. The Labute approximate surface area is 179 Å². The van der Waals surface area contributed by atoms with E-state index in [-0.39, 0.29) is 24.4 Å². The van der Waals surface area contributed by atoms with Gasteiger partial charge >= 0.3 is 0 Å². The molecular formula is C25H21FN2O3. The van der Waals surface area contributed by atoms with E-state index < -0.39 is 23.7 Å². The summed E-state index contributed by atoms with van der Waals surface area (Å²) < 4.78 is 14.4. The molecular weight excluding hydrogens is 395 g/mol. The highest BCUT2D eigenvalue weighted by molar-refractivity contribution is 6.23. The lowest BCUT2D eigenvalue weighted by atomic mass is 10.1. The maximum Gasteiger partial charge on any atom is 0.257 e. The average Bonchev–Trinajstić information content (AvgIpc) is 3.09. The van der Waals surface area contributed by atoms with Crippen LogP contribution in [0.3, 0.4) is 0 Å². The molecule has 31 heavy (non-hydrogen) atoms. The van der Waals surface area contributed by atoms with Crippen LogP contribution in [0.25, 0.3) is 0 Å². The summed E-state index contributed by atoms with van der Waals surface area (Å²) in [5.74, 6) is -2.12. The van der Waals surface area contributed by atoms with Gasteiger partial charge in [-0.1, -0.05) is 60.7 Å². The van der Waals surface area contributed by atoms with Gasteiger partial charge in [0, 0.05) is 6.54 Å². The van der Waals surface area contributed by atoms with E-state index in [1.165, 1.54) is 23.1 Å². The summed E-state index contributed by atoms with van der Waals surface area (Å²) >= 11 is 0. The minimum absolute atomic E-state index is 0.117. The predicted molar refractivity (Wildman–Crippen MR) is 115 cm³/mol. The number of carbonyl (C=O) groups is 3. The van der Waals surface area contributed by atoms with E-state index in [1.54, 1.807) is 36.4 Å². The summed E-state index contributed by atoms with van der Waals surface area (Å²) in [4.78, 5) is 41.6. The topological polar surface area (TPSA) is 57.7 Å². The number of hydrogen-bond acceptors (Lipinski definition) is 3. The van der Waals surface area contributed by atoms with E-state index in [0.717, 1.165) is 10.5 Å². The molecule has 5 nitrogen and oxygen atoms in total. The van der Waals surface area contributed by atoms with Crippen LogP contribution >= 0.6 is 0 Å². The predicted octanol–water partition coefficient (Wildman–Crippen LogP) is 3.84. The molecule has 0 bridgehead atoms. The molecule has 0 aliphatic carbocycles. The van der Waals surface area contributed by atoms with Gasteiger partial charge in [-0.05, 0) is 36.2 Å². The summed E-state index contributed by atoms with van der Waals surface area (Å²) in [5.41, 5.74) is 1.32. The largest absolute Gasteiger partial charge is 0.326 e. The van der Waals surface area contributed by atoms with Gasteiger partial charge in [-0.2, -0.15) is 0 Å². The van der Waals surface area contributed by atoms with Crippen LogP contribution in [0.15, 0.2) is 84.9 Å². The number of halogens is 1. The molecule has 1 saturated heterocycles. The number of para-hydroxylation sites is 1. The molecule has 0 saturated carbocycles. The van der Waals surface area contributed by atoms with Crippen LogP contribution < -0.4 is 4.90 Å². The number of rotatable bonds is 6. The zero-order chi connectivity index (χ0) is 21.8. The van der Waals surface area contributed by atoms with Gasteiger partial charge in [0.2, 0.25) is 5.91 Å². The molecule has 156 valence electrons. The third-order valence-electron chi connectivity index (χ3n) is 5.36. The van der Waals surface area contributed by atoms with E-state index in [1.807, 2.05) is 30.3 Å². The molecule has 3 amide bonds. The second-order valence-corrected chi connectivity index (χ2v) is 7.34. The average molecular weight is 416 g/mol. The minimum Gasteiger partial charge on any atom is -0.326 e. The first-order chi connectivity index (χ1) is 15.1. The van der Waals surface area contributed by atoms with Gasteiger partial charge < -0.3 is 4.90 Å².